The molecule has 0 spiro atoms. The van der Waals surface area contributed by atoms with Crippen molar-refractivity contribution in [3.05, 3.63) is 0 Å². The predicted octanol–water partition coefficient (Wildman–Crippen LogP) is 2.31. The summed E-state index contributed by atoms with van der Waals surface area (Å²) in [6, 6.07) is 0.305. The summed E-state index contributed by atoms with van der Waals surface area (Å²) in [6.07, 6.45) is 7.10. The van der Waals surface area contributed by atoms with Crippen molar-refractivity contribution in [1.29, 1.82) is 0 Å². The van der Waals surface area contributed by atoms with E-state index in [-0.39, 0.29) is 5.91 Å². The number of hydrogen-bond donors (Lipinski definition) is 3. The van der Waals surface area contributed by atoms with Crippen molar-refractivity contribution < 1.29 is 4.79 Å². The summed E-state index contributed by atoms with van der Waals surface area (Å²) in [7, 11) is 0. The molecule has 1 fully saturated rings. The zero-order valence-electron chi connectivity index (χ0n) is 16.0. The van der Waals surface area contributed by atoms with E-state index in [1.54, 1.807) is 4.40 Å². The molecule has 9 nitrogen and oxygen atoms in total. The molecule has 1 saturated carbocycles. The van der Waals surface area contributed by atoms with E-state index in [1.807, 2.05) is 13.8 Å². The molecule has 0 atom stereocenters. The van der Waals surface area contributed by atoms with Gasteiger partial charge >= 0.3 is 0 Å². The van der Waals surface area contributed by atoms with Gasteiger partial charge in [0.2, 0.25) is 17.8 Å². The summed E-state index contributed by atoms with van der Waals surface area (Å²) in [5, 5.41) is 18.4. The molecule has 1 aliphatic rings. The number of nitrogens with one attached hydrogen (secondary N) is 3. The molecule has 0 saturated heterocycles. The average molecular weight is 393 g/mol. The first-order chi connectivity index (χ1) is 13.2. The van der Waals surface area contributed by atoms with E-state index in [0.29, 0.717) is 41.2 Å². The standard InChI is InChI=1S/C17H28N8OS/c1-3-18-14-21-15(19-4-2)25-16(22-14)23-24-17(25)27-11-13(26)20-12-9-7-5-6-8-10-12/h12H,3-11H2,1-2H3,(H,20,26)(H2,18,19,21,22,23). The van der Waals surface area contributed by atoms with E-state index in [9.17, 15) is 4.79 Å². The largest absolute Gasteiger partial charge is 0.355 e. The zero-order valence-corrected chi connectivity index (χ0v) is 16.8. The van der Waals surface area contributed by atoms with Crippen LogP contribution in [0.1, 0.15) is 52.4 Å². The van der Waals surface area contributed by atoms with Gasteiger partial charge in [-0.25, -0.2) is 4.40 Å². The maximum absolute atomic E-state index is 12.4. The fourth-order valence-electron chi connectivity index (χ4n) is 3.22. The van der Waals surface area contributed by atoms with Crippen LogP contribution in [0.25, 0.3) is 5.78 Å². The number of amides is 1. The van der Waals surface area contributed by atoms with E-state index in [0.717, 1.165) is 19.4 Å². The van der Waals surface area contributed by atoms with E-state index in [1.165, 1.54) is 37.4 Å². The van der Waals surface area contributed by atoms with Crippen LogP contribution in [0, 0.1) is 0 Å². The Kier molecular flexibility index (Phi) is 7.08. The van der Waals surface area contributed by atoms with Crippen LogP contribution in [0.4, 0.5) is 11.9 Å². The van der Waals surface area contributed by atoms with Gasteiger partial charge in [-0.3, -0.25) is 4.79 Å². The van der Waals surface area contributed by atoms with Gasteiger partial charge in [0, 0.05) is 19.1 Å². The molecule has 0 unspecified atom stereocenters. The molecule has 10 heteroatoms. The first-order valence-electron chi connectivity index (χ1n) is 9.74. The topological polar surface area (TPSA) is 109 Å². The molecular formula is C17H28N8OS. The molecule has 3 rings (SSSR count). The Labute approximate surface area is 163 Å². The third-order valence-electron chi connectivity index (χ3n) is 4.47. The normalized spacial score (nSPS) is 15.5. The zero-order chi connectivity index (χ0) is 19.1. The molecule has 27 heavy (non-hydrogen) atoms. The van der Waals surface area contributed by atoms with Gasteiger partial charge in [-0.2, -0.15) is 9.97 Å². The smallest absolute Gasteiger partial charge is 0.261 e. The molecule has 1 amide bonds. The molecule has 2 aromatic rings. The van der Waals surface area contributed by atoms with Gasteiger partial charge in [0.15, 0.2) is 5.16 Å². The number of carbonyl (C=O) groups is 1. The minimum absolute atomic E-state index is 0.0406. The highest BCUT2D eigenvalue weighted by atomic mass is 32.2. The van der Waals surface area contributed by atoms with E-state index >= 15 is 0 Å². The van der Waals surface area contributed by atoms with Crippen LogP contribution in [0.5, 0.6) is 0 Å². The lowest BCUT2D eigenvalue weighted by Crippen LogP contribution is -2.35. The maximum atomic E-state index is 12.4. The van der Waals surface area contributed by atoms with Crippen molar-refractivity contribution in [2.75, 3.05) is 29.5 Å². The number of anilines is 2. The van der Waals surface area contributed by atoms with Gasteiger partial charge in [0.1, 0.15) is 0 Å². The first kappa shape index (κ1) is 19.7. The summed E-state index contributed by atoms with van der Waals surface area (Å²) >= 11 is 1.35. The fourth-order valence-corrected chi connectivity index (χ4v) is 3.96. The van der Waals surface area contributed by atoms with Gasteiger partial charge in [-0.15, -0.1) is 10.2 Å². The lowest BCUT2D eigenvalue weighted by Gasteiger charge is -2.15. The molecule has 1 aliphatic carbocycles. The molecule has 2 aromatic heterocycles. The number of fused-ring (bicyclic) bond motifs is 1. The number of aromatic nitrogens is 5. The fraction of sp³-hybridized carbons (Fsp3) is 0.706. The number of thioether (sulfide) groups is 1. The lowest BCUT2D eigenvalue weighted by molar-refractivity contribution is -0.119. The third kappa shape index (κ3) is 5.21. The van der Waals surface area contributed by atoms with Crippen LogP contribution in [-0.2, 0) is 4.79 Å². The van der Waals surface area contributed by atoms with E-state index in [2.05, 4.69) is 36.1 Å². The highest BCUT2D eigenvalue weighted by Crippen LogP contribution is 2.21. The molecule has 148 valence electrons. The van der Waals surface area contributed by atoms with E-state index in [4.69, 9.17) is 0 Å². The first-order valence-corrected chi connectivity index (χ1v) is 10.7. The van der Waals surface area contributed by atoms with Gasteiger partial charge < -0.3 is 16.0 Å². The number of carbonyl (C=O) groups excluding carboxylic acids is 1. The molecule has 0 radical (unpaired) electrons. The molecule has 0 aromatic carbocycles. The van der Waals surface area contributed by atoms with Crippen molar-refractivity contribution in [1.82, 2.24) is 29.9 Å². The number of hydrogen-bond acceptors (Lipinski definition) is 8. The van der Waals surface area contributed by atoms with Crippen molar-refractivity contribution in [3.8, 4) is 0 Å². The second-order valence-electron chi connectivity index (χ2n) is 6.59. The second kappa shape index (κ2) is 9.72. The monoisotopic (exact) mass is 392 g/mol. The van der Waals surface area contributed by atoms with Crippen molar-refractivity contribution >= 4 is 35.3 Å². The summed E-state index contributed by atoms with van der Waals surface area (Å²) in [6.45, 7) is 5.41. The van der Waals surface area contributed by atoms with Crippen LogP contribution in [0.2, 0.25) is 0 Å². The Hall–Kier alpha value is -2.10. The van der Waals surface area contributed by atoms with Gasteiger partial charge in [-0.1, -0.05) is 37.4 Å². The van der Waals surface area contributed by atoms with Crippen molar-refractivity contribution in [2.45, 2.75) is 63.6 Å². The summed E-state index contributed by atoms with van der Waals surface area (Å²) in [4.78, 5) is 21.2. The lowest BCUT2D eigenvalue weighted by atomic mass is 10.1. The maximum Gasteiger partial charge on any atom is 0.261 e. The van der Waals surface area contributed by atoms with Gasteiger partial charge in [0.25, 0.3) is 5.78 Å². The second-order valence-corrected chi connectivity index (χ2v) is 7.54. The Morgan fingerprint density at radius 3 is 2.52 bits per heavy atom. The van der Waals surface area contributed by atoms with Crippen LogP contribution < -0.4 is 16.0 Å². The molecule has 3 N–H and O–H groups in total. The Balaban J connectivity index is 1.68. The van der Waals surface area contributed by atoms with Crippen molar-refractivity contribution in [3.63, 3.8) is 0 Å². The van der Waals surface area contributed by atoms with Crippen LogP contribution in [0.3, 0.4) is 0 Å². The minimum Gasteiger partial charge on any atom is -0.355 e. The van der Waals surface area contributed by atoms with Crippen LogP contribution in [-0.4, -0.2) is 55.4 Å². The van der Waals surface area contributed by atoms with Crippen LogP contribution >= 0.6 is 11.8 Å². The predicted molar refractivity (Wildman–Crippen MR) is 107 cm³/mol. The quantitative estimate of drug-likeness (QED) is 0.464. The molecule has 2 heterocycles. The van der Waals surface area contributed by atoms with Crippen LogP contribution in [0.15, 0.2) is 5.16 Å². The van der Waals surface area contributed by atoms with Gasteiger partial charge in [-0.05, 0) is 26.7 Å². The summed E-state index contributed by atoms with van der Waals surface area (Å²) < 4.78 is 1.76. The number of nitrogens with zero attached hydrogens (tertiary/aromatic N) is 5. The van der Waals surface area contributed by atoms with E-state index < -0.39 is 0 Å². The SMILES string of the molecule is CCNc1nc(NCC)n2c(SCC(=O)NC3CCCCCC3)nnc2n1. The average Bonchev–Trinajstić information content (AvgIpc) is 2.88. The minimum atomic E-state index is 0.0406. The molecule has 0 aliphatic heterocycles. The Bertz CT molecular complexity index is 757. The highest BCUT2D eigenvalue weighted by molar-refractivity contribution is 7.99. The Morgan fingerprint density at radius 1 is 1.07 bits per heavy atom. The summed E-state index contributed by atoms with van der Waals surface area (Å²) in [5.41, 5.74) is 0. The van der Waals surface area contributed by atoms with Crippen molar-refractivity contribution in [2.24, 2.45) is 0 Å². The highest BCUT2D eigenvalue weighted by Gasteiger charge is 2.18. The summed E-state index contributed by atoms with van der Waals surface area (Å²) in [5.74, 6) is 1.94. The Morgan fingerprint density at radius 2 is 1.81 bits per heavy atom. The number of rotatable bonds is 8. The van der Waals surface area contributed by atoms with Gasteiger partial charge in [0.05, 0.1) is 5.75 Å². The third-order valence-corrected chi connectivity index (χ3v) is 5.40. The molecular weight excluding hydrogens is 364 g/mol. The molecule has 0 bridgehead atoms.